The van der Waals surface area contributed by atoms with Gasteiger partial charge in [-0.1, -0.05) is 6.07 Å². The summed E-state index contributed by atoms with van der Waals surface area (Å²) in [6.45, 7) is 5.68. The molecule has 0 unspecified atom stereocenters. The van der Waals surface area contributed by atoms with Gasteiger partial charge in [-0.2, -0.15) is 0 Å². The summed E-state index contributed by atoms with van der Waals surface area (Å²) in [5.74, 6) is 0.964. The normalized spacial score (nSPS) is 16.2. The third-order valence-corrected chi connectivity index (χ3v) is 7.83. The summed E-state index contributed by atoms with van der Waals surface area (Å²) < 4.78 is 29.8. The minimum atomic E-state index is -3.43. The number of benzene rings is 1. The Hall–Kier alpha value is -3.76. The number of fused-ring (bicyclic) bond motifs is 1. The number of carbonyl (C=O) groups excluding carboxylic acids is 1. The van der Waals surface area contributed by atoms with E-state index in [2.05, 4.69) is 15.0 Å². The number of rotatable bonds is 6. The van der Waals surface area contributed by atoms with Gasteiger partial charge < -0.3 is 19.7 Å². The van der Waals surface area contributed by atoms with Crippen molar-refractivity contribution in [2.75, 3.05) is 12.8 Å². The van der Waals surface area contributed by atoms with Gasteiger partial charge in [0.05, 0.1) is 29.2 Å². The minimum absolute atomic E-state index is 0.000918. The second-order valence-corrected chi connectivity index (χ2v) is 12.2. The van der Waals surface area contributed by atoms with E-state index in [1.165, 1.54) is 12.3 Å². The Morgan fingerprint density at radius 3 is 2.53 bits per heavy atom. The number of likely N-dealkylation sites (tertiary alicyclic amines) is 1. The van der Waals surface area contributed by atoms with Gasteiger partial charge in [-0.05, 0) is 63.1 Å². The molecule has 1 amide bonds. The summed E-state index contributed by atoms with van der Waals surface area (Å²) in [6, 6.07) is 12.4. The molecule has 0 saturated carbocycles. The molecular weight excluding hydrogens is 504 g/mol. The highest BCUT2D eigenvalue weighted by Gasteiger charge is 2.31. The maximum Gasteiger partial charge on any atom is 0.219 e. The van der Waals surface area contributed by atoms with E-state index in [0.717, 1.165) is 52.5 Å². The van der Waals surface area contributed by atoms with Crippen molar-refractivity contribution >= 4 is 26.6 Å². The van der Waals surface area contributed by atoms with E-state index in [4.69, 9.17) is 4.74 Å². The molecule has 0 spiro atoms. The first kappa shape index (κ1) is 25.9. The molecule has 0 bridgehead atoms. The van der Waals surface area contributed by atoms with Gasteiger partial charge in [0, 0.05) is 48.0 Å². The molecule has 5 rings (SSSR count). The zero-order valence-electron chi connectivity index (χ0n) is 21.7. The van der Waals surface area contributed by atoms with Crippen LogP contribution in [-0.4, -0.2) is 52.1 Å². The van der Waals surface area contributed by atoms with Crippen molar-refractivity contribution in [2.45, 2.75) is 50.3 Å². The van der Waals surface area contributed by atoms with Crippen molar-refractivity contribution in [1.29, 1.82) is 0 Å². The lowest BCUT2D eigenvalue weighted by atomic mass is 10.0. The van der Waals surface area contributed by atoms with Crippen LogP contribution in [0.2, 0.25) is 0 Å². The zero-order chi connectivity index (χ0) is 27.2. The highest BCUT2D eigenvalue weighted by atomic mass is 32.2. The number of amides is 1. The van der Waals surface area contributed by atoms with Crippen LogP contribution in [0, 0.1) is 0 Å². The van der Waals surface area contributed by atoms with E-state index in [1.54, 1.807) is 33.0 Å². The molecule has 10 heteroatoms. The molecule has 0 aliphatic carbocycles. The second-order valence-electron chi connectivity index (χ2n) is 10.2. The van der Waals surface area contributed by atoms with E-state index in [-0.39, 0.29) is 17.0 Å². The fraction of sp³-hybridized carbons (Fsp3) is 0.321. The Morgan fingerprint density at radius 1 is 1.13 bits per heavy atom. The van der Waals surface area contributed by atoms with Gasteiger partial charge >= 0.3 is 0 Å². The maximum absolute atomic E-state index is 12.4. The van der Waals surface area contributed by atoms with Gasteiger partial charge in [-0.25, -0.2) is 13.4 Å². The Balaban J connectivity index is 1.57. The van der Waals surface area contributed by atoms with Crippen LogP contribution in [0.15, 0.2) is 59.9 Å². The average Bonchev–Trinajstić information content (AvgIpc) is 3.50. The predicted octanol–water partition coefficient (Wildman–Crippen LogP) is 4.73. The molecule has 38 heavy (non-hydrogen) atoms. The number of nitrogens with one attached hydrogen (secondary N) is 1. The summed E-state index contributed by atoms with van der Waals surface area (Å²) in [7, 11) is -3.43. The Bertz CT molecular complexity index is 1600. The smallest absolute Gasteiger partial charge is 0.219 e. The van der Waals surface area contributed by atoms with Crippen molar-refractivity contribution in [3.8, 4) is 22.9 Å². The van der Waals surface area contributed by atoms with Crippen LogP contribution >= 0.6 is 0 Å². The third kappa shape index (κ3) is 5.14. The minimum Gasteiger partial charge on any atom is -0.455 e. The number of carbonyl (C=O) groups is 1. The van der Waals surface area contributed by atoms with Gasteiger partial charge in [-0.3, -0.25) is 9.78 Å². The van der Waals surface area contributed by atoms with Gasteiger partial charge in [0.15, 0.2) is 14.9 Å². The number of aromatic amines is 1. The molecule has 4 aromatic rings. The molecule has 4 heterocycles. The van der Waals surface area contributed by atoms with Crippen molar-refractivity contribution in [3.05, 3.63) is 66.0 Å². The van der Waals surface area contributed by atoms with Crippen LogP contribution in [0.25, 0.3) is 22.3 Å². The molecule has 1 aliphatic rings. The SMILES string of the molecule is CC(=O)N1CCC[C@@H]1c1cc2[nH]c(-c3ccc(C(C)(C)O)cn3)cc2cc1Oc1ccc(S(C)(=O)=O)nc1. The second kappa shape index (κ2) is 9.52. The summed E-state index contributed by atoms with van der Waals surface area (Å²) >= 11 is 0. The van der Waals surface area contributed by atoms with Crippen LogP contribution in [-0.2, 0) is 20.2 Å². The maximum atomic E-state index is 12.4. The predicted molar refractivity (Wildman–Crippen MR) is 144 cm³/mol. The third-order valence-electron chi connectivity index (χ3n) is 6.83. The van der Waals surface area contributed by atoms with E-state index in [9.17, 15) is 18.3 Å². The highest BCUT2D eigenvalue weighted by Crippen LogP contribution is 2.41. The molecule has 3 aromatic heterocycles. The van der Waals surface area contributed by atoms with Gasteiger partial charge in [0.2, 0.25) is 5.91 Å². The summed E-state index contributed by atoms with van der Waals surface area (Å²) in [5.41, 5.74) is 3.00. The summed E-state index contributed by atoms with van der Waals surface area (Å²) in [5, 5.41) is 11.1. The number of aromatic nitrogens is 3. The zero-order valence-corrected chi connectivity index (χ0v) is 22.5. The number of sulfone groups is 1. The number of H-pyrrole nitrogens is 1. The molecule has 1 aliphatic heterocycles. The topological polar surface area (TPSA) is 125 Å². The van der Waals surface area contributed by atoms with Crippen molar-refractivity contribution in [1.82, 2.24) is 19.9 Å². The first-order valence-corrected chi connectivity index (χ1v) is 14.3. The Kier molecular flexibility index (Phi) is 6.48. The fourth-order valence-electron chi connectivity index (χ4n) is 4.82. The van der Waals surface area contributed by atoms with E-state index in [0.29, 0.717) is 18.0 Å². The van der Waals surface area contributed by atoms with Crippen molar-refractivity contribution < 1.29 is 23.1 Å². The summed E-state index contributed by atoms with van der Waals surface area (Å²) in [6.07, 6.45) is 5.85. The van der Waals surface area contributed by atoms with E-state index < -0.39 is 15.4 Å². The number of ether oxygens (including phenoxy) is 1. The molecule has 1 fully saturated rings. The van der Waals surface area contributed by atoms with Gasteiger partial charge in [-0.15, -0.1) is 0 Å². The Labute approximate surface area is 221 Å². The van der Waals surface area contributed by atoms with Crippen LogP contribution in [0.5, 0.6) is 11.5 Å². The molecule has 1 aromatic carbocycles. The lowest BCUT2D eigenvalue weighted by Crippen LogP contribution is -2.28. The number of hydrogen-bond donors (Lipinski definition) is 2. The van der Waals surface area contributed by atoms with Gasteiger partial charge in [0.25, 0.3) is 0 Å². The van der Waals surface area contributed by atoms with Crippen LogP contribution in [0.1, 0.15) is 50.8 Å². The monoisotopic (exact) mass is 534 g/mol. The standard InChI is InChI=1S/C28H30N4O5S/c1-17(33)32-11-5-6-25(32)21-14-23-18(12-24(31-23)22-9-7-19(15-29-22)28(2,3)34)13-26(21)37-20-8-10-27(30-16-20)38(4,35)36/h7-10,12-16,25,31,34H,5-6,11H2,1-4H3/t25-/m1/s1. The number of hydrogen-bond acceptors (Lipinski definition) is 7. The molecule has 198 valence electrons. The van der Waals surface area contributed by atoms with E-state index >= 15 is 0 Å². The largest absolute Gasteiger partial charge is 0.455 e. The fourth-order valence-corrected chi connectivity index (χ4v) is 5.38. The first-order chi connectivity index (χ1) is 17.9. The molecule has 9 nitrogen and oxygen atoms in total. The average molecular weight is 535 g/mol. The van der Waals surface area contributed by atoms with Crippen molar-refractivity contribution in [3.63, 3.8) is 0 Å². The number of nitrogens with zero attached hydrogens (tertiary/aromatic N) is 3. The quantitative estimate of drug-likeness (QED) is 0.366. The van der Waals surface area contributed by atoms with Crippen LogP contribution in [0.4, 0.5) is 0 Å². The van der Waals surface area contributed by atoms with Crippen molar-refractivity contribution in [2.24, 2.45) is 0 Å². The van der Waals surface area contributed by atoms with Crippen LogP contribution in [0.3, 0.4) is 0 Å². The highest BCUT2D eigenvalue weighted by molar-refractivity contribution is 7.90. The lowest BCUT2D eigenvalue weighted by Gasteiger charge is -2.25. The number of pyridine rings is 2. The van der Waals surface area contributed by atoms with Gasteiger partial charge in [0.1, 0.15) is 11.5 Å². The van der Waals surface area contributed by atoms with E-state index in [1.807, 2.05) is 35.2 Å². The first-order valence-electron chi connectivity index (χ1n) is 12.4. The lowest BCUT2D eigenvalue weighted by molar-refractivity contribution is -0.129. The molecule has 2 N–H and O–H groups in total. The Morgan fingerprint density at radius 2 is 1.92 bits per heavy atom. The number of aliphatic hydroxyl groups is 1. The van der Waals surface area contributed by atoms with Crippen LogP contribution < -0.4 is 4.74 Å². The molecule has 1 saturated heterocycles. The molecule has 0 radical (unpaired) electrons. The molecule has 1 atom stereocenters. The summed E-state index contributed by atoms with van der Waals surface area (Å²) in [4.78, 5) is 26.2. The molecular formula is C28H30N4O5S.